The molecule has 2 rings (SSSR count). The summed E-state index contributed by atoms with van der Waals surface area (Å²) in [6.45, 7) is 4.22. The van der Waals surface area contributed by atoms with Gasteiger partial charge in [0.2, 0.25) is 0 Å². The second kappa shape index (κ2) is 9.34. The van der Waals surface area contributed by atoms with E-state index < -0.39 is 6.11 Å². The van der Waals surface area contributed by atoms with E-state index in [0.29, 0.717) is 6.42 Å². The highest BCUT2D eigenvalue weighted by molar-refractivity contribution is 4.82. The van der Waals surface area contributed by atoms with Crippen LogP contribution in [0.3, 0.4) is 0 Å². The van der Waals surface area contributed by atoms with E-state index in [1.54, 1.807) is 0 Å². The molecular weight excluding hydrogens is 294 g/mol. The maximum absolute atomic E-state index is 13.7. The fourth-order valence-electron chi connectivity index (χ4n) is 4.72. The predicted molar refractivity (Wildman–Crippen MR) is 91.7 cm³/mol. The zero-order chi connectivity index (χ0) is 16.7. The third-order valence-corrected chi connectivity index (χ3v) is 6.13. The average Bonchev–Trinajstić information content (AvgIpc) is 2.55. The molecule has 2 saturated carbocycles. The first-order valence-corrected chi connectivity index (χ1v) is 10.1. The van der Waals surface area contributed by atoms with E-state index in [1.165, 1.54) is 38.5 Å². The molecule has 136 valence electrons. The van der Waals surface area contributed by atoms with E-state index in [-0.39, 0.29) is 12.5 Å². The lowest BCUT2D eigenvalue weighted by molar-refractivity contribution is -0.271. The third-order valence-electron chi connectivity index (χ3n) is 6.13. The summed E-state index contributed by atoms with van der Waals surface area (Å²) in [5.74, 6) is 2.57. The van der Waals surface area contributed by atoms with Gasteiger partial charge in [0.15, 0.2) is 0 Å². The van der Waals surface area contributed by atoms with E-state index in [1.807, 2.05) is 6.92 Å². The molecule has 0 unspecified atom stereocenters. The van der Waals surface area contributed by atoms with Crippen LogP contribution in [0.2, 0.25) is 0 Å². The highest BCUT2D eigenvalue weighted by Crippen LogP contribution is 2.42. The Morgan fingerprint density at radius 2 is 1.39 bits per heavy atom. The topological polar surface area (TPSA) is 9.23 Å². The first-order valence-electron chi connectivity index (χ1n) is 10.1. The van der Waals surface area contributed by atoms with Crippen LogP contribution in [0.4, 0.5) is 8.78 Å². The molecule has 0 aliphatic heterocycles. The van der Waals surface area contributed by atoms with Gasteiger partial charge < -0.3 is 4.74 Å². The number of halogens is 2. The van der Waals surface area contributed by atoms with E-state index in [9.17, 15) is 8.78 Å². The second-order valence-electron chi connectivity index (χ2n) is 7.97. The Balaban J connectivity index is 1.68. The Hall–Kier alpha value is -0.180. The molecule has 0 spiro atoms. The van der Waals surface area contributed by atoms with Gasteiger partial charge >= 0.3 is 6.11 Å². The monoisotopic (exact) mass is 330 g/mol. The maximum atomic E-state index is 13.7. The summed E-state index contributed by atoms with van der Waals surface area (Å²) in [5, 5.41) is 0. The van der Waals surface area contributed by atoms with Crippen molar-refractivity contribution in [3.05, 3.63) is 0 Å². The van der Waals surface area contributed by atoms with Crippen molar-refractivity contribution in [3.8, 4) is 0 Å². The molecule has 0 amide bonds. The zero-order valence-electron chi connectivity index (χ0n) is 15.2. The summed E-state index contributed by atoms with van der Waals surface area (Å²) in [5.41, 5.74) is 0. The molecule has 0 N–H and O–H groups in total. The van der Waals surface area contributed by atoms with Crippen LogP contribution in [-0.4, -0.2) is 12.2 Å². The number of rotatable bonds is 8. The minimum Gasteiger partial charge on any atom is -0.317 e. The number of alkyl halides is 2. The van der Waals surface area contributed by atoms with Crippen LogP contribution >= 0.6 is 0 Å². The van der Waals surface area contributed by atoms with E-state index in [4.69, 9.17) is 4.74 Å². The van der Waals surface area contributed by atoms with Gasteiger partial charge in [-0.15, -0.1) is 0 Å². The standard InChI is InChI=1S/C20H36F2O/c1-3-5-15-20(21,22)23-19-13-11-18(12-14-19)17-9-7-16(6-4-2)8-10-17/h16-19H,3-15H2,1-2H3. The van der Waals surface area contributed by atoms with Gasteiger partial charge in [-0.1, -0.05) is 46.0 Å². The van der Waals surface area contributed by atoms with Gasteiger partial charge in [0.05, 0.1) is 6.10 Å². The molecule has 0 bridgehead atoms. The van der Waals surface area contributed by atoms with Crippen molar-refractivity contribution in [2.45, 2.75) is 110 Å². The minimum absolute atomic E-state index is 0.120. The van der Waals surface area contributed by atoms with Crippen molar-refractivity contribution in [1.82, 2.24) is 0 Å². The molecule has 0 aromatic carbocycles. The second-order valence-corrected chi connectivity index (χ2v) is 7.97. The number of hydrogen-bond acceptors (Lipinski definition) is 1. The van der Waals surface area contributed by atoms with Gasteiger partial charge in [0.25, 0.3) is 0 Å². The quantitative estimate of drug-likeness (QED) is 0.468. The number of ether oxygens (including phenoxy) is 1. The largest absolute Gasteiger partial charge is 0.355 e. The summed E-state index contributed by atoms with van der Waals surface area (Å²) in [6, 6.07) is 0. The van der Waals surface area contributed by atoms with E-state index >= 15 is 0 Å². The summed E-state index contributed by atoms with van der Waals surface area (Å²) in [7, 11) is 0. The Labute approximate surface area is 141 Å². The highest BCUT2D eigenvalue weighted by Gasteiger charge is 2.36. The van der Waals surface area contributed by atoms with Gasteiger partial charge in [0, 0.05) is 6.42 Å². The summed E-state index contributed by atoms with van der Waals surface area (Å²) >= 11 is 0. The molecule has 0 heterocycles. The highest BCUT2D eigenvalue weighted by atomic mass is 19.3. The first kappa shape index (κ1) is 19.1. The summed E-state index contributed by atoms with van der Waals surface area (Å²) in [4.78, 5) is 0. The molecule has 1 nitrogen and oxygen atoms in total. The fourth-order valence-corrected chi connectivity index (χ4v) is 4.72. The van der Waals surface area contributed by atoms with Gasteiger partial charge in [-0.25, -0.2) is 0 Å². The molecule has 3 heteroatoms. The minimum atomic E-state index is -2.91. The Kier molecular flexibility index (Phi) is 7.78. The van der Waals surface area contributed by atoms with Crippen LogP contribution in [0.5, 0.6) is 0 Å². The molecule has 0 saturated heterocycles. The smallest absolute Gasteiger partial charge is 0.317 e. The normalized spacial score (nSPS) is 32.9. The lowest BCUT2D eigenvalue weighted by Gasteiger charge is -2.38. The van der Waals surface area contributed by atoms with Crippen LogP contribution in [0, 0.1) is 17.8 Å². The van der Waals surface area contributed by atoms with Gasteiger partial charge in [-0.05, 0) is 62.7 Å². The van der Waals surface area contributed by atoms with Crippen molar-refractivity contribution < 1.29 is 13.5 Å². The Morgan fingerprint density at radius 3 is 1.91 bits per heavy atom. The maximum Gasteiger partial charge on any atom is 0.355 e. The lowest BCUT2D eigenvalue weighted by atomic mass is 9.70. The summed E-state index contributed by atoms with van der Waals surface area (Å²) < 4.78 is 32.6. The molecule has 0 aromatic heterocycles. The van der Waals surface area contributed by atoms with Crippen LogP contribution in [0.1, 0.15) is 97.3 Å². The first-order chi connectivity index (χ1) is 11.0. The van der Waals surface area contributed by atoms with Crippen molar-refractivity contribution in [3.63, 3.8) is 0 Å². The predicted octanol–water partition coefficient (Wildman–Crippen LogP) is 6.95. The van der Waals surface area contributed by atoms with Crippen LogP contribution < -0.4 is 0 Å². The van der Waals surface area contributed by atoms with E-state index in [0.717, 1.165) is 49.9 Å². The molecule has 2 fully saturated rings. The lowest BCUT2D eigenvalue weighted by Crippen LogP contribution is -2.33. The van der Waals surface area contributed by atoms with Crippen molar-refractivity contribution in [2.24, 2.45) is 17.8 Å². The number of hydrogen-bond donors (Lipinski definition) is 0. The molecule has 0 aromatic rings. The fraction of sp³-hybridized carbons (Fsp3) is 1.00. The molecular formula is C20H36F2O. The summed E-state index contributed by atoms with van der Waals surface area (Å²) in [6.07, 6.45) is 10.2. The van der Waals surface area contributed by atoms with E-state index in [2.05, 4.69) is 6.92 Å². The van der Waals surface area contributed by atoms with Crippen LogP contribution in [0.15, 0.2) is 0 Å². The molecule has 2 aliphatic carbocycles. The number of unbranched alkanes of at least 4 members (excludes halogenated alkanes) is 1. The van der Waals surface area contributed by atoms with Crippen molar-refractivity contribution in [1.29, 1.82) is 0 Å². The zero-order valence-corrected chi connectivity index (χ0v) is 15.2. The average molecular weight is 331 g/mol. The van der Waals surface area contributed by atoms with Gasteiger partial charge in [0.1, 0.15) is 0 Å². The van der Waals surface area contributed by atoms with Crippen molar-refractivity contribution >= 4 is 0 Å². The van der Waals surface area contributed by atoms with Gasteiger partial charge in [-0.2, -0.15) is 8.78 Å². The molecule has 0 radical (unpaired) electrons. The van der Waals surface area contributed by atoms with Crippen LogP contribution in [-0.2, 0) is 4.74 Å². The molecule has 23 heavy (non-hydrogen) atoms. The third kappa shape index (κ3) is 6.32. The molecule has 2 aliphatic rings. The molecule has 0 atom stereocenters. The Morgan fingerprint density at radius 1 is 0.826 bits per heavy atom. The van der Waals surface area contributed by atoms with Gasteiger partial charge in [-0.3, -0.25) is 0 Å². The Bertz CT molecular complexity index is 316. The SMILES string of the molecule is CCCCC(F)(F)OC1CCC(C2CCC(CCC)CC2)CC1. The van der Waals surface area contributed by atoms with Crippen LogP contribution in [0.25, 0.3) is 0 Å². The van der Waals surface area contributed by atoms with Crippen molar-refractivity contribution in [2.75, 3.05) is 0 Å².